The minimum absolute atomic E-state index is 0.512. The van der Waals surface area contributed by atoms with Gasteiger partial charge in [0.15, 0.2) is 5.54 Å². The standard InChI is InChI=1S/C12H16BrNO4S/c1-11(2,3)18-10(17)14-12(4,9(15)16)7-5-6-8(13)19-7/h5-6H,1-4H3,(H,14,17)(H,15,16)/t12-/m0/s1. The van der Waals surface area contributed by atoms with E-state index in [1.807, 2.05) is 0 Å². The number of ether oxygens (including phenoxy) is 1. The summed E-state index contributed by atoms with van der Waals surface area (Å²) in [4.78, 5) is 23.7. The average Bonchev–Trinajstić information content (AvgIpc) is 2.61. The number of carbonyl (C=O) groups is 2. The van der Waals surface area contributed by atoms with Crippen LogP contribution in [0.3, 0.4) is 0 Å². The van der Waals surface area contributed by atoms with Gasteiger partial charge in [0, 0.05) is 4.88 Å². The van der Waals surface area contributed by atoms with Crippen molar-refractivity contribution in [3.05, 3.63) is 20.8 Å². The van der Waals surface area contributed by atoms with E-state index in [9.17, 15) is 14.7 Å². The van der Waals surface area contributed by atoms with Gasteiger partial charge in [0.25, 0.3) is 0 Å². The zero-order valence-corrected chi connectivity index (χ0v) is 13.5. The van der Waals surface area contributed by atoms with Crippen LogP contribution in [0.5, 0.6) is 0 Å². The number of halogens is 1. The normalized spacial score (nSPS) is 14.6. The largest absolute Gasteiger partial charge is 0.479 e. The lowest BCUT2D eigenvalue weighted by Gasteiger charge is -2.27. The van der Waals surface area contributed by atoms with E-state index in [0.717, 1.165) is 3.79 Å². The summed E-state index contributed by atoms with van der Waals surface area (Å²) in [5, 5.41) is 11.8. The first kappa shape index (κ1) is 16.0. The number of carboxylic acids is 1. The lowest BCUT2D eigenvalue weighted by Crippen LogP contribution is -2.50. The summed E-state index contributed by atoms with van der Waals surface area (Å²) in [7, 11) is 0. The van der Waals surface area contributed by atoms with Gasteiger partial charge in [-0.3, -0.25) is 0 Å². The highest BCUT2D eigenvalue weighted by Crippen LogP contribution is 2.31. The third-order valence-corrected chi connectivity index (χ3v) is 4.09. The molecule has 0 aliphatic carbocycles. The number of carboxylic acid groups (broad SMARTS) is 1. The van der Waals surface area contributed by atoms with Crippen LogP contribution in [0.2, 0.25) is 0 Å². The predicted octanol–water partition coefficient (Wildman–Crippen LogP) is 3.34. The molecule has 1 rings (SSSR count). The number of nitrogens with one attached hydrogen (secondary N) is 1. The van der Waals surface area contributed by atoms with Gasteiger partial charge in [-0.05, 0) is 55.8 Å². The van der Waals surface area contributed by atoms with Crippen molar-refractivity contribution < 1.29 is 19.4 Å². The van der Waals surface area contributed by atoms with Crippen molar-refractivity contribution in [3.8, 4) is 0 Å². The Morgan fingerprint density at radius 1 is 1.32 bits per heavy atom. The van der Waals surface area contributed by atoms with Crippen molar-refractivity contribution in [2.45, 2.75) is 38.8 Å². The smallest absolute Gasteiger partial charge is 0.408 e. The van der Waals surface area contributed by atoms with Crippen LogP contribution in [0, 0.1) is 0 Å². The van der Waals surface area contributed by atoms with Crippen LogP contribution < -0.4 is 5.32 Å². The van der Waals surface area contributed by atoms with Crippen molar-refractivity contribution in [1.82, 2.24) is 5.32 Å². The van der Waals surface area contributed by atoms with Crippen molar-refractivity contribution in [1.29, 1.82) is 0 Å². The fourth-order valence-corrected chi connectivity index (χ4v) is 2.79. The maximum absolute atomic E-state index is 11.8. The van der Waals surface area contributed by atoms with E-state index in [4.69, 9.17) is 4.74 Å². The molecule has 0 aliphatic heterocycles. The second kappa shape index (κ2) is 5.50. The lowest BCUT2D eigenvalue weighted by molar-refractivity contribution is -0.144. The third-order valence-electron chi connectivity index (χ3n) is 2.24. The molecular formula is C12H16BrNO4S. The van der Waals surface area contributed by atoms with Crippen LogP contribution >= 0.6 is 27.3 Å². The quantitative estimate of drug-likeness (QED) is 0.877. The number of hydrogen-bond acceptors (Lipinski definition) is 4. The van der Waals surface area contributed by atoms with Gasteiger partial charge in [0.05, 0.1) is 3.79 Å². The topological polar surface area (TPSA) is 75.6 Å². The van der Waals surface area contributed by atoms with Crippen molar-refractivity contribution in [2.75, 3.05) is 0 Å². The molecule has 0 aromatic carbocycles. The summed E-state index contributed by atoms with van der Waals surface area (Å²) in [5.41, 5.74) is -2.20. The Morgan fingerprint density at radius 3 is 2.26 bits per heavy atom. The summed E-state index contributed by atoms with van der Waals surface area (Å²) in [6.45, 7) is 6.57. The molecule has 0 bridgehead atoms. The average molecular weight is 350 g/mol. The Balaban J connectivity index is 2.96. The summed E-state index contributed by atoms with van der Waals surface area (Å²) in [5.74, 6) is -1.15. The van der Waals surface area contributed by atoms with Crippen LogP contribution in [0.1, 0.15) is 32.6 Å². The highest BCUT2D eigenvalue weighted by atomic mass is 79.9. The van der Waals surface area contributed by atoms with E-state index in [0.29, 0.717) is 4.88 Å². The fraction of sp³-hybridized carbons (Fsp3) is 0.500. The van der Waals surface area contributed by atoms with Crippen LogP contribution in [-0.4, -0.2) is 22.8 Å². The number of alkyl carbamates (subject to hydrolysis) is 1. The van der Waals surface area contributed by atoms with Gasteiger partial charge in [-0.25, -0.2) is 9.59 Å². The van der Waals surface area contributed by atoms with E-state index >= 15 is 0 Å². The van der Waals surface area contributed by atoms with Crippen LogP contribution in [0.25, 0.3) is 0 Å². The van der Waals surface area contributed by atoms with Gasteiger partial charge >= 0.3 is 12.1 Å². The first-order valence-electron chi connectivity index (χ1n) is 5.55. The van der Waals surface area contributed by atoms with E-state index in [1.165, 1.54) is 18.3 Å². The molecule has 2 N–H and O–H groups in total. The van der Waals surface area contributed by atoms with Gasteiger partial charge in [0.1, 0.15) is 5.60 Å². The molecule has 5 nitrogen and oxygen atoms in total. The number of carbonyl (C=O) groups excluding carboxylic acids is 1. The molecule has 0 saturated heterocycles. The van der Waals surface area contributed by atoms with E-state index in [1.54, 1.807) is 32.9 Å². The molecular weight excluding hydrogens is 334 g/mol. The number of amides is 1. The van der Waals surface area contributed by atoms with Crippen LogP contribution in [0.15, 0.2) is 15.9 Å². The highest BCUT2D eigenvalue weighted by Gasteiger charge is 2.39. The number of rotatable bonds is 3. The molecule has 0 spiro atoms. The predicted molar refractivity (Wildman–Crippen MR) is 76.4 cm³/mol. The van der Waals surface area contributed by atoms with Crippen LogP contribution in [0.4, 0.5) is 4.79 Å². The molecule has 0 aliphatic rings. The Hall–Kier alpha value is -1.08. The lowest BCUT2D eigenvalue weighted by atomic mass is 10.0. The minimum Gasteiger partial charge on any atom is -0.479 e. The Kier molecular flexibility index (Phi) is 4.63. The molecule has 1 aromatic heterocycles. The molecule has 1 atom stereocenters. The number of hydrogen-bond donors (Lipinski definition) is 2. The van der Waals surface area contributed by atoms with Crippen molar-refractivity contribution in [3.63, 3.8) is 0 Å². The molecule has 7 heteroatoms. The van der Waals surface area contributed by atoms with Gasteiger partial charge in [-0.2, -0.15) is 0 Å². The van der Waals surface area contributed by atoms with E-state index < -0.39 is 23.2 Å². The maximum Gasteiger partial charge on any atom is 0.408 e. The first-order chi connectivity index (χ1) is 8.54. The number of thiophene rings is 1. The second-order valence-electron chi connectivity index (χ2n) is 5.16. The molecule has 1 amide bonds. The van der Waals surface area contributed by atoms with E-state index in [2.05, 4.69) is 21.2 Å². The molecule has 19 heavy (non-hydrogen) atoms. The molecule has 0 unspecified atom stereocenters. The summed E-state index contributed by atoms with van der Waals surface area (Å²) < 4.78 is 5.88. The monoisotopic (exact) mass is 349 g/mol. The summed E-state index contributed by atoms with van der Waals surface area (Å²) in [6.07, 6.45) is -0.762. The molecule has 0 radical (unpaired) electrons. The Morgan fingerprint density at radius 2 is 1.89 bits per heavy atom. The molecule has 1 heterocycles. The second-order valence-corrected chi connectivity index (χ2v) is 7.62. The fourth-order valence-electron chi connectivity index (χ4n) is 1.31. The molecule has 106 valence electrons. The molecule has 0 saturated carbocycles. The molecule has 1 aromatic rings. The first-order valence-corrected chi connectivity index (χ1v) is 7.16. The van der Waals surface area contributed by atoms with E-state index in [-0.39, 0.29) is 0 Å². The Labute approximate surface area is 124 Å². The van der Waals surface area contributed by atoms with Gasteiger partial charge in [-0.1, -0.05) is 0 Å². The SMILES string of the molecule is CC(C)(C)OC(=O)N[C@](C)(C(=O)O)c1ccc(Br)s1. The van der Waals surface area contributed by atoms with Gasteiger partial charge < -0.3 is 15.2 Å². The molecule has 0 fully saturated rings. The zero-order chi connectivity index (χ0) is 14.8. The Bertz CT molecular complexity index is 494. The summed E-state index contributed by atoms with van der Waals surface area (Å²) in [6, 6.07) is 3.39. The van der Waals surface area contributed by atoms with Gasteiger partial charge in [-0.15, -0.1) is 11.3 Å². The zero-order valence-electron chi connectivity index (χ0n) is 11.1. The summed E-state index contributed by atoms with van der Waals surface area (Å²) >= 11 is 4.52. The maximum atomic E-state index is 11.8. The number of aliphatic carboxylic acids is 1. The van der Waals surface area contributed by atoms with Gasteiger partial charge in [0.2, 0.25) is 0 Å². The minimum atomic E-state index is -1.51. The third kappa shape index (κ3) is 4.21. The van der Waals surface area contributed by atoms with Crippen molar-refractivity contribution >= 4 is 39.3 Å². The van der Waals surface area contributed by atoms with Crippen LogP contribution in [-0.2, 0) is 15.1 Å². The van der Waals surface area contributed by atoms with Crippen molar-refractivity contribution in [2.24, 2.45) is 0 Å². The highest BCUT2D eigenvalue weighted by molar-refractivity contribution is 9.11.